The van der Waals surface area contributed by atoms with Crippen LogP contribution < -0.4 is 0 Å². The zero-order valence-electron chi connectivity index (χ0n) is 7.86. The van der Waals surface area contributed by atoms with Gasteiger partial charge in [0.2, 0.25) is 0 Å². The standard InChI is InChI=1S/C12H11N.ClH/c1-3-9-6-7-12-11(10(9)4-1)5-2-8-13-12;/h2,5-8H,1,3-4H2;1H. The predicted octanol–water partition coefficient (Wildman–Crippen LogP) is 3.15. The van der Waals surface area contributed by atoms with Crippen LogP contribution >= 0.6 is 12.4 Å². The third-order valence-electron chi connectivity index (χ3n) is 2.87. The molecule has 0 saturated heterocycles. The highest BCUT2D eigenvalue weighted by molar-refractivity contribution is 5.85. The van der Waals surface area contributed by atoms with Crippen LogP contribution in [0, 0.1) is 0 Å². The van der Waals surface area contributed by atoms with Crippen molar-refractivity contribution in [3.05, 3.63) is 41.6 Å². The van der Waals surface area contributed by atoms with Crippen LogP contribution in [-0.2, 0) is 12.8 Å². The largest absolute Gasteiger partial charge is 0.256 e. The Morgan fingerprint density at radius 2 is 2.00 bits per heavy atom. The number of hydrogen-bond acceptors (Lipinski definition) is 1. The lowest BCUT2D eigenvalue weighted by molar-refractivity contribution is 0.913. The molecular formula is C12H12ClN. The Balaban J connectivity index is 0.000000750. The van der Waals surface area contributed by atoms with Crippen molar-refractivity contribution in [2.24, 2.45) is 0 Å². The van der Waals surface area contributed by atoms with Crippen LogP contribution in [0.4, 0.5) is 0 Å². The van der Waals surface area contributed by atoms with Crippen LogP contribution in [0.2, 0.25) is 0 Å². The van der Waals surface area contributed by atoms with E-state index >= 15 is 0 Å². The lowest BCUT2D eigenvalue weighted by Crippen LogP contribution is -1.86. The molecular weight excluding hydrogens is 194 g/mol. The molecule has 0 spiro atoms. The Hall–Kier alpha value is -1.08. The molecule has 1 aromatic carbocycles. The highest BCUT2D eigenvalue weighted by Crippen LogP contribution is 2.28. The Morgan fingerprint density at radius 1 is 1.07 bits per heavy atom. The third-order valence-corrected chi connectivity index (χ3v) is 2.87. The molecule has 0 amide bonds. The molecule has 2 aromatic rings. The normalized spacial score (nSPS) is 13.7. The summed E-state index contributed by atoms with van der Waals surface area (Å²) in [6.07, 6.45) is 5.66. The van der Waals surface area contributed by atoms with Crippen molar-refractivity contribution in [3.63, 3.8) is 0 Å². The zero-order chi connectivity index (χ0) is 8.67. The maximum absolute atomic E-state index is 4.36. The van der Waals surface area contributed by atoms with E-state index in [1.807, 2.05) is 12.3 Å². The number of fused-ring (bicyclic) bond motifs is 3. The number of rotatable bonds is 0. The van der Waals surface area contributed by atoms with Gasteiger partial charge in [0.05, 0.1) is 5.52 Å². The SMILES string of the molecule is Cl.c1cnc2ccc3c(c2c1)CCC3. The summed E-state index contributed by atoms with van der Waals surface area (Å²) < 4.78 is 0. The first-order chi connectivity index (χ1) is 6.45. The first-order valence-corrected chi connectivity index (χ1v) is 4.80. The van der Waals surface area contributed by atoms with E-state index in [4.69, 9.17) is 0 Å². The lowest BCUT2D eigenvalue weighted by atomic mass is 10.0. The molecule has 1 aliphatic rings. The van der Waals surface area contributed by atoms with Gasteiger partial charge < -0.3 is 0 Å². The molecule has 1 heterocycles. The molecule has 0 N–H and O–H groups in total. The quantitative estimate of drug-likeness (QED) is 0.644. The highest BCUT2D eigenvalue weighted by Gasteiger charge is 2.13. The summed E-state index contributed by atoms with van der Waals surface area (Å²) >= 11 is 0. The Morgan fingerprint density at radius 3 is 2.93 bits per heavy atom. The average molecular weight is 206 g/mol. The molecule has 0 unspecified atom stereocenters. The summed E-state index contributed by atoms with van der Waals surface area (Å²) in [7, 11) is 0. The van der Waals surface area contributed by atoms with Gasteiger partial charge in [0.25, 0.3) is 0 Å². The van der Waals surface area contributed by atoms with E-state index in [2.05, 4.69) is 23.2 Å². The fourth-order valence-corrected chi connectivity index (χ4v) is 2.24. The molecule has 1 nitrogen and oxygen atoms in total. The van der Waals surface area contributed by atoms with E-state index in [0.29, 0.717) is 0 Å². The smallest absolute Gasteiger partial charge is 0.0704 e. The molecule has 3 rings (SSSR count). The maximum Gasteiger partial charge on any atom is 0.0704 e. The van der Waals surface area contributed by atoms with Crippen LogP contribution in [0.1, 0.15) is 17.5 Å². The Bertz CT molecular complexity index is 465. The van der Waals surface area contributed by atoms with Crippen molar-refractivity contribution in [2.45, 2.75) is 19.3 Å². The fourth-order valence-electron chi connectivity index (χ4n) is 2.24. The second-order valence-electron chi connectivity index (χ2n) is 3.63. The molecule has 14 heavy (non-hydrogen) atoms. The van der Waals surface area contributed by atoms with E-state index in [9.17, 15) is 0 Å². The Kier molecular flexibility index (Phi) is 2.42. The number of aryl methyl sites for hydroxylation is 2. The number of aromatic nitrogens is 1. The van der Waals surface area contributed by atoms with E-state index in [1.165, 1.54) is 35.8 Å². The fraction of sp³-hybridized carbons (Fsp3) is 0.250. The number of halogens is 1. The minimum Gasteiger partial charge on any atom is -0.256 e. The predicted molar refractivity (Wildman–Crippen MR) is 61.0 cm³/mol. The molecule has 1 aliphatic carbocycles. The highest BCUT2D eigenvalue weighted by atomic mass is 35.5. The van der Waals surface area contributed by atoms with Gasteiger partial charge in [0.1, 0.15) is 0 Å². The van der Waals surface area contributed by atoms with Crippen molar-refractivity contribution in [1.29, 1.82) is 0 Å². The monoisotopic (exact) mass is 205 g/mol. The summed E-state index contributed by atoms with van der Waals surface area (Å²) in [6.45, 7) is 0. The summed E-state index contributed by atoms with van der Waals surface area (Å²) in [5, 5.41) is 1.36. The molecule has 0 saturated carbocycles. The Labute approximate surface area is 89.6 Å². The van der Waals surface area contributed by atoms with Crippen molar-refractivity contribution < 1.29 is 0 Å². The lowest BCUT2D eigenvalue weighted by Gasteiger charge is -2.03. The van der Waals surface area contributed by atoms with E-state index in [0.717, 1.165) is 5.52 Å². The first kappa shape index (κ1) is 9.47. The number of benzene rings is 1. The molecule has 0 atom stereocenters. The molecule has 2 heteroatoms. The molecule has 0 bridgehead atoms. The second-order valence-corrected chi connectivity index (χ2v) is 3.63. The van der Waals surface area contributed by atoms with Crippen molar-refractivity contribution in [1.82, 2.24) is 4.98 Å². The third kappa shape index (κ3) is 1.28. The summed E-state index contributed by atoms with van der Waals surface area (Å²) in [4.78, 5) is 4.36. The molecule has 0 fully saturated rings. The van der Waals surface area contributed by atoms with Gasteiger partial charge in [0, 0.05) is 11.6 Å². The van der Waals surface area contributed by atoms with Crippen molar-refractivity contribution in [3.8, 4) is 0 Å². The van der Waals surface area contributed by atoms with E-state index < -0.39 is 0 Å². The van der Waals surface area contributed by atoms with Crippen LogP contribution in [0.25, 0.3) is 10.9 Å². The van der Waals surface area contributed by atoms with Crippen LogP contribution in [0.5, 0.6) is 0 Å². The zero-order valence-corrected chi connectivity index (χ0v) is 8.68. The summed E-state index contributed by atoms with van der Waals surface area (Å²) in [5.41, 5.74) is 4.20. The molecule has 72 valence electrons. The summed E-state index contributed by atoms with van der Waals surface area (Å²) in [5.74, 6) is 0. The van der Waals surface area contributed by atoms with E-state index in [-0.39, 0.29) is 12.4 Å². The topological polar surface area (TPSA) is 12.9 Å². The van der Waals surface area contributed by atoms with Gasteiger partial charge >= 0.3 is 0 Å². The van der Waals surface area contributed by atoms with Crippen LogP contribution in [0.3, 0.4) is 0 Å². The average Bonchev–Trinajstić information content (AvgIpc) is 2.65. The van der Waals surface area contributed by atoms with Gasteiger partial charge in [-0.25, -0.2) is 0 Å². The van der Waals surface area contributed by atoms with Crippen molar-refractivity contribution in [2.75, 3.05) is 0 Å². The minimum atomic E-state index is 0. The van der Waals surface area contributed by atoms with Gasteiger partial charge in [-0.3, -0.25) is 4.98 Å². The number of nitrogens with zero attached hydrogens (tertiary/aromatic N) is 1. The van der Waals surface area contributed by atoms with Gasteiger partial charge in [-0.1, -0.05) is 12.1 Å². The van der Waals surface area contributed by atoms with Crippen molar-refractivity contribution >= 4 is 23.3 Å². The van der Waals surface area contributed by atoms with E-state index in [1.54, 1.807) is 0 Å². The van der Waals surface area contributed by atoms with Gasteiger partial charge in [0.15, 0.2) is 0 Å². The number of pyridine rings is 1. The first-order valence-electron chi connectivity index (χ1n) is 4.80. The van der Waals surface area contributed by atoms with Crippen LogP contribution in [-0.4, -0.2) is 4.98 Å². The van der Waals surface area contributed by atoms with Gasteiger partial charge in [-0.2, -0.15) is 0 Å². The second kappa shape index (κ2) is 3.58. The van der Waals surface area contributed by atoms with Gasteiger partial charge in [-0.15, -0.1) is 12.4 Å². The minimum absolute atomic E-state index is 0. The molecule has 0 aliphatic heterocycles. The molecule has 1 aromatic heterocycles. The summed E-state index contributed by atoms with van der Waals surface area (Å²) in [6, 6.07) is 8.59. The number of hydrogen-bond donors (Lipinski definition) is 0. The van der Waals surface area contributed by atoms with Gasteiger partial charge in [-0.05, 0) is 42.5 Å². The van der Waals surface area contributed by atoms with Crippen LogP contribution in [0.15, 0.2) is 30.5 Å². The maximum atomic E-state index is 4.36. The molecule has 0 radical (unpaired) electrons.